The number of para-hydroxylation sites is 1. The first-order chi connectivity index (χ1) is 8.92. The smallest absolute Gasteiger partial charge is 0.124 e. The average molecular weight is 264 g/mol. The number of hydrogen-bond donors (Lipinski definition) is 1. The molecule has 0 radical (unpaired) electrons. The lowest BCUT2D eigenvalue weighted by molar-refractivity contribution is 0.141. The number of likely N-dealkylation sites (N-methyl/N-ethyl adjacent to an activating group) is 1. The molecule has 3 nitrogen and oxygen atoms in total. The van der Waals surface area contributed by atoms with Gasteiger partial charge in [-0.15, -0.1) is 0 Å². The third-order valence-electron chi connectivity index (χ3n) is 3.99. The summed E-state index contributed by atoms with van der Waals surface area (Å²) in [6.07, 6.45) is 1.10. The molecule has 1 unspecified atom stereocenters. The quantitative estimate of drug-likeness (QED) is 0.822. The van der Waals surface area contributed by atoms with Crippen molar-refractivity contribution in [3.8, 4) is 5.75 Å². The molecule has 0 bridgehead atoms. The SMILES string of the molecule is CCOc1ccccc1C(N)CN(C)C(C)(C)CC. The maximum atomic E-state index is 6.36. The Hall–Kier alpha value is -1.06. The van der Waals surface area contributed by atoms with Crippen molar-refractivity contribution in [3.05, 3.63) is 29.8 Å². The highest BCUT2D eigenvalue weighted by Gasteiger charge is 2.24. The molecule has 1 aromatic carbocycles. The molecule has 1 aromatic rings. The van der Waals surface area contributed by atoms with Gasteiger partial charge in [-0.1, -0.05) is 25.1 Å². The van der Waals surface area contributed by atoms with Crippen molar-refractivity contribution in [3.63, 3.8) is 0 Å². The lowest BCUT2D eigenvalue weighted by Crippen LogP contribution is -2.44. The minimum absolute atomic E-state index is 0.0291. The van der Waals surface area contributed by atoms with E-state index in [1.807, 2.05) is 25.1 Å². The molecule has 0 fully saturated rings. The number of ether oxygens (including phenoxy) is 1. The molecule has 0 aliphatic heterocycles. The van der Waals surface area contributed by atoms with Crippen LogP contribution >= 0.6 is 0 Å². The maximum Gasteiger partial charge on any atom is 0.124 e. The summed E-state index contributed by atoms with van der Waals surface area (Å²) in [7, 11) is 2.13. The van der Waals surface area contributed by atoms with Crippen LogP contribution in [-0.2, 0) is 0 Å². The third-order valence-corrected chi connectivity index (χ3v) is 3.99. The number of nitrogens with two attached hydrogens (primary N) is 1. The second-order valence-electron chi connectivity index (χ2n) is 5.62. The van der Waals surface area contributed by atoms with E-state index in [0.717, 1.165) is 24.3 Å². The summed E-state index contributed by atoms with van der Waals surface area (Å²) >= 11 is 0. The lowest BCUT2D eigenvalue weighted by atomic mass is 9.98. The van der Waals surface area contributed by atoms with Crippen LogP contribution in [-0.4, -0.2) is 30.6 Å². The molecule has 0 amide bonds. The van der Waals surface area contributed by atoms with Crippen molar-refractivity contribution in [1.82, 2.24) is 4.90 Å². The molecule has 0 heterocycles. The van der Waals surface area contributed by atoms with Crippen LogP contribution < -0.4 is 10.5 Å². The van der Waals surface area contributed by atoms with Gasteiger partial charge in [0.05, 0.1) is 6.61 Å². The number of nitrogens with zero attached hydrogens (tertiary/aromatic N) is 1. The summed E-state index contributed by atoms with van der Waals surface area (Å²) in [4.78, 5) is 2.32. The van der Waals surface area contributed by atoms with E-state index in [-0.39, 0.29) is 11.6 Å². The summed E-state index contributed by atoms with van der Waals surface area (Å²) in [5.41, 5.74) is 7.61. The molecular weight excluding hydrogens is 236 g/mol. The summed E-state index contributed by atoms with van der Waals surface area (Å²) in [6, 6.07) is 8.02. The highest BCUT2D eigenvalue weighted by molar-refractivity contribution is 5.36. The number of hydrogen-bond acceptors (Lipinski definition) is 3. The number of rotatable bonds is 7. The van der Waals surface area contributed by atoms with Crippen LogP contribution in [0.1, 0.15) is 45.7 Å². The molecule has 0 saturated heterocycles. The summed E-state index contributed by atoms with van der Waals surface area (Å²) < 4.78 is 5.65. The fraction of sp³-hybridized carbons (Fsp3) is 0.625. The lowest BCUT2D eigenvalue weighted by Gasteiger charge is -2.36. The van der Waals surface area contributed by atoms with Gasteiger partial charge >= 0.3 is 0 Å². The minimum Gasteiger partial charge on any atom is -0.494 e. The molecule has 0 aliphatic rings. The van der Waals surface area contributed by atoms with Gasteiger partial charge < -0.3 is 10.5 Å². The average Bonchev–Trinajstić information content (AvgIpc) is 2.39. The van der Waals surface area contributed by atoms with E-state index >= 15 is 0 Å². The van der Waals surface area contributed by atoms with Crippen LogP contribution in [0.3, 0.4) is 0 Å². The van der Waals surface area contributed by atoms with Crippen LogP contribution in [0.15, 0.2) is 24.3 Å². The fourth-order valence-corrected chi connectivity index (χ4v) is 1.98. The second kappa shape index (κ2) is 6.92. The van der Waals surface area contributed by atoms with Gasteiger partial charge in [-0.2, -0.15) is 0 Å². The monoisotopic (exact) mass is 264 g/mol. The predicted molar refractivity (Wildman–Crippen MR) is 81.5 cm³/mol. The van der Waals surface area contributed by atoms with Gasteiger partial charge in [-0.25, -0.2) is 0 Å². The normalized spacial score (nSPS) is 13.6. The summed E-state index contributed by atoms with van der Waals surface area (Å²) in [5.74, 6) is 0.903. The molecule has 1 rings (SSSR count). The molecule has 1 atom stereocenters. The summed E-state index contributed by atoms with van der Waals surface area (Å²) in [6.45, 7) is 10.2. The van der Waals surface area contributed by atoms with Crippen LogP contribution in [0.25, 0.3) is 0 Å². The second-order valence-corrected chi connectivity index (χ2v) is 5.62. The van der Waals surface area contributed by atoms with Gasteiger partial charge in [0.1, 0.15) is 5.75 Å². The maximum absolute atomic E-state index is 6.36. The Morgan fingerprint density at radius 1 is 1.26 bits per heavy atom. The Labute approximate surface area is 117 Å². The van der Waals surface area contributed by atoms with Crippen molar-refractivity contribution in [2.45, 2.75) is 45.7 Å². The van der Waals surface area contributed by atoms with E-state index in [4.69, 9.17) is 10.5 Å². The Bertz CT molecular complexity index is 390. The zero-order chi connectivity index (χ0) is 14.5. The molecular formula is C16H28N2O. The van der Waals surface area contributed by atoms with Crippen LogP contribution in [0, 0.1) is 0 Å². The molecule has 2 N–H and O–H groups in total. The van der Waals surface area contributed by atoms with Crippen molar-refractivity contribution in [2.75, 3.05) is 20.2 Å². The molecule has 0 aliphatic carbocycles. The van der Waals surface area contributed by atoms with Crippen molar-refractivity contribution in [2.24, 2.45) is 5.73 Å². The first-order valence-electron chi connectivity index (χ1n) is 7.11. The van der Waals surface area contributed by atoms with Gasteiger partial charge in [-0.3, -0.25) is 4.90 Å². The van der Waals surface area contributed by atoms with Crippen molar-refractivity contribution >= 4 is 0 Å². The van der Waals surface area contributed by atoms with Gasteiger partial charge in [0.2, 0.25) is 0 Å². The third kappa shape index (κ3) is 4.22. The Kier molecular flexibility index (Phi) is 5.83. The Balaban J connectivity index is 2.81. The molecule has 0 spiro atoms. The largest absolute Gasteiger partial charge is 0.494 e. The molecule has 0 saturated carbocycles. The zero-order valence-electron chi connectivity index (χ0n) is 12.9. The fourth-order valence-electron chi connectivity index (χ4n) is 1.98. The van der Waals surface area contributed by atoms with E-state index in [0.29, 0.717) is 6.61 Å². The zero-order valence-corrected chi connectivity index (χ0v) is 12.9. The van der Waals surface area contributed by atoms with E-state index in [9.17, 15) is 0 Å². The van der Waals surface area contributed by atoms with Crippen molar-refractivity contribution in [1.29, 1.82) is 0 Å². The molecule has 19 heavy (non-hydrogen) atoms. The van der Waals surface area contributed by atoms with Gasteiger partial charge in [0.15, 0.2) is 0 Å². The van der Waals surface area contributed by atoms with E-state index < -0.39 is 0 Å². The predicted octanol–water partition coefficient (Wildman–Crippen LogP) is 3.21. The van der Waals surface area contributed by atoms with Crippen LogP contribution in [0.4, 0.5) is 0 Å². The van der Waals surface area contributed by atoms with E-state index in [1.54, 1.807) is 0 Å². The Morgan fingerprint density at radius 2 is 1.89 bits per heavy atom. The topological polar surface area (TPSA) is 38.5 Å². The van der Waals surface area contributed by atoms with Crippen LogP contribution in [0.2, 0.25) is 0 Å². The first kappa shape index (κ1) is 16.0. The molecule has 3 heteroatoms. The highest BCUT2D eigenvalue weighted by atomic mass is 16.5. The highest BCUT2D eigenvalue weighted by Crippen LogP contribution is 2.26. The van der Waals surface area contributed by atoms with Gasteiger partial charge in [-0.05, 0) is 40.3 Å². The van der Waals surface area contributed by atoms with Gasteiger partial charge in [0.25, 0.3) is 0 Å². The Morgan fingerprint density at radius 3 is 2.47 bits per heavy atom. The number of benzene rings is 1. The molecule has 108 valence electrons. The van der Waals surface area contributed by atoms with Crippen LogP contribution in [0.5, 0.6) is 5.75 Å². The summed E-state index contributed by atoms with van der Waals surface area (Å²) in [5, 5.41) is 0. The van der Waals surface area contributed by atoms with Crippen molar-refractivity contribution < 1.29 is 4.74 Å². The molecule has 0 aromatic heterocycles. The van der Waals surface area contributed by atoms with E-state index in [2.05, 4.69) is 38.8 Å². The van der Waals surface area contributed by atoms with Gasteiger partial charge in [0, 0.05) is 23.7 Å². The van der Waals surface area contributed by atoms with E-state index in [1.165, 1.54) is 0 Å². The first-order valence-corrected chi connectivity index (χ1v) is 7.11. The standard InChI is InChI=1S/C16H28N2O/c1-6-16(3,4)18(5)12-14(17)13-10-8-9-11-15(13)19-7-2/h8-11,14H,6-7,12,17H2,1-5H3. The minimum atomic E-state index is -0.0291.